The van der Waals surface area contributed by atoms with Gasteiger partial charge in [-0.05, 0) is 74.8 Å². The first kappa shape index (κ1) is 19.7. The van der Waals surface area contributed by atoms with Gasteiger partial charge in [-0.25, -0.2) is 18.4 Å². The smallest absolute Gasteiger partial charge is 0.243 e. The summed E-state index contributed by atoms with van der Waals surface area (Å²) >= 11 is 0. The number of anilines is 1. The average Bonchev–Trinajstić information content (AvgIpc) is 2.77. The maximum Gasteiger partial charge on any atom is 0.243 e. The van der Waals surface area contributed by atoms with Crippen LogP contribution in [0.1, 0.15) is 49.8 Å². The topological polar surface area (TPSA) is 66.4 Å². The molecule has 0 spiro atoms. The Bertz CT molecular complexity index is 1070. The Balaban J connectivity index is 1.30. The first-order valence-electron chi connectivity index (χ1n) is 11.6. The molecule has 0 saturated heterocycles. The molecule has 4 bridgehead atoms. The molecule has 1 aromatic carbocycles. The van der Waals surface area contributed by atoms with Crippen molar-refractivity contribution in [3.8, 4) is 0 Å². The van der Waals surface area contributed by atoms with E-state index in [4.69, 9.17) is 4.98 Å². The molecule has 2 aromatic rings. The van der Waals surface area contributed by atoms with E-state index in [1.165, 1.54) is 38.5 Å². The first-order valence-corrected chi connectivity index (χ1v) is 13.0. The lowest BCUT2D eigenvalue weighted by Gasteiger charge is -2.60. The van der Waals surface area contributed by atoms with Crippen LogP contribution in [0, 0.1) is 17.8 Å². The van der Waals surface area contributed by atoms with E-state index in [1.807, 2.05) is 6.07 Å². The van der Waals surface area contributed by atoms with Crippen LogP contribution < -0.4 is 4.90 Å². The lowest BCUT2D eigenvalue weighted by atomic mass is 9.52. The molecule has 0 radical (unpaired) electrons. The van der Waals surface area contributed by atoms with E-state index in [0.29, 0.717) is 24.4 Å². The van der Waals surface area contributed by atoms with E-state index in [2.05, 4.69) is 16.9 Å². The summed E-state index contributed by atoms with van der Waals surface area (Å²) < 4.78 is 27.8. The Kier molecular flexibility index (Phi) is 4.45. The number of hydrogen-bond donors (Lipinski definition) is 0. The van der Waals surface area contributed by atoms with E-state index in [0.717, 1.165) is 34.8 Å². The molecule has 0 N–H and O–H groups in total. The molecule has 1 aromatic heterocycles. The van der Waals surface area contributed by atoms with Crippen molar-refractivity contribution in [2.24, 2.45) is 17.8 Å². The Labute approximate surface area is 184 Å². The zero-order valence-electron chi connectivity index (χ0n) is 18.1. The van der Waals surface area contributed by atoms with Gasteiger partial charge in [-0.3, -0.25) is 0 Å². The quantitative estimate of drug-likeness (QED) is 0.729. The second-order valence-electron chi connectivity index (χ2n) is 10.2. The summed E-state index contributed by atoms with van der Waals surface area (Å²) in [5.74, 6) is 3.65. The summed E-state index contributed by atoms with van der Waals surface area (Å²) in [7, 11) is -1.29. The van der Waals surface area contributed by atoms with Gasteiger partial charge in [0.2, 0.25) is 10.0 Å². The van der Waals surface area contributed by atoms with Crippen LogP contribution in [-0.2, 0) is 23.0 Å². The van der Waals surface area contributed by atoms with E-state index in [1.54, 1.807) is 34.9 Å². The van der Waals surface area contributed by atoms with Gasteiger partial charge in [-0.1, -0.05) is 18.2 Å². The normalized spacial score (nSPS) is 32.1. The fraction of sp³-hybridized carbons (Fsp3) is 0.583. The van der Waals surface area contributed by atoms with Crippen LogP contribution in [0.15, 0.2) is 41.6 Å². The summed E-state index contributed by atoms with van der Waals surface area (Å²) in [6.07, 6.45) is 10.4. The first-order chi connectivity index (χ1) is 14.9. The highest BCUT2D eigenvalue weighted by atomic mass is 32.2. The van der Waals surface area contributed by atoms with Crippen LogP contribution in [-0.4, -0.2) is 41.8 Å². The Hall–Kier alpha value is -1.99. The monoisotopic (exact) mass is 438 g/mol. The van der Waals surface area contributed by atoms with Gasteiger partial charge < -0.3 is 4.90 Å². The average molecular weight is 439 g/mol. The van der Waals surface area contributed by atoms with E-state index >= 15 is 0 Å². The zero-order valence-corrected chi connectivity index (χ0v) is 18.9. The van der Waals surface area contributed by atoms with Crippen LogP contribution in [0.4, 0.5) is 5.82 Å². The number of aromatic nitrogens is 2. The van der Waals surface area contributed by atoms with Crippen molar-refractivity contribution in [2.45, 2.75) is 61.9 Å². The molecule has 7 rings (SSSR count). The Morgan fingerprint density at radius 3 is 2.29 bits per heavy atom. The van der Waals surface area contributed by atoms with Gasteiger partial charge in [0.1, 0.15) is 12.1 Å². The van der Waals surface area contributed by atoms with Crippen molar-refractivity contribution in [2.75, 3.05) is 18.5 Å². The highest BCUT2D eigenvalue weighted by molar-refractivity contribution is 7.89. The zero-order chi connectivity index (χ0) is 21.2. The number of hydrogen-bond acceptors (Lipinski definition) is 5. The molecule has 0 atom stereocenters. The second-order valence-corrected chi connectivity index (χ2v) is 12.2. The summed E-state index contributed by atoms with van der Waals surface area (Å²) in [4.78, 5) is 12.1. The van der Waals surface area contributed by atoms with Crippen LogP contribution in [0.25, 0.3) is 0 Å². The van der Waals surface area contributed by atoms with Crippen molar-refractivity contribution >= 4 is 15.8 Å². The van der Waals surface area contributed by atoms with Gasteiger partial charge in [-0.2, -0.15) is 4.31 Å². The Morgan fingerprint density at radius 1 is 1.00 bits per heavy atom. The molecule has 4 aliphatic carbocycles. The van der Waals surface area contributed by atoms with Gasteiger partial charge in [-0.15, -0.1) is 0 Å². The maximum atomic E-state index is 13.1. The fourth-order valence-electron chi connectivity index (χ4n) is 7.25. The number of benzene rings is 1. The van der Waals surface area contributed by atoms with Gasteiger partial charge in [0.15, 0.2) is 0 Å². The predicted octanol–water partition coefficient (Wildman–Crippen LogP) is 3.63. The van der Waals surface area contributed by atoms with Crippen molar-refractivity contribution in [3.05, 3.63) is 47.9 Å². The summed E-state index contributed by atoms with van der Waals surface area (Å²) in [6, 6.07) is 8.70. The van der Waals surface area contributed by atoms with E-state index < -0.39 is 10.0 Å². The van der Waals surface area contributed by atoms with Crippen LogP contribution in [0.2, 0.25) is 0 Å². The van der Waals surface area contributed by atoms with E-state index in [-0.39, 0.29) is 5.54 Å². The van der Waals surface area contributed by atoms with Crippen molar-refractivity contribution in [1.29, 1.82) is 0 Å². The minimum Gasteiger partial charge on any atom is -0.354 e. The molecule has 31 heavy (non-hydrogen) atoms. The molecule has 164 valence electrons. The van der Waals surface area contributed by atoms with Crippen LogP contribution >= 0.6 is 0 Å². The molecule has 5 aliphatic rings. The third-order valence-corrected chi connectivity index (χ3v) is 10.2. The molecule has 6 nitrogen and oxygen atoms in total. The number of nitrogens with zero attached hydrogens (tertiary/aromatic N) is 4. The lowest BCUT2D eigenvalue weighted by molar-refractivity contribution is -0.00239. The fourth-order valence-corrected chi connectivity index (χ4v) is 8.67. The van der Waals surface area contributed by atoms with Crippen molar-refractivity contribution < 1.29 is 8.42 Å². The molecule has 4 fully saturated rings. The Morgan fingerprint density at radius 2 is 1.65 bits per heavy atom. The van der Waals surface area contributed by atoms with Crippen LogP contribution in [0.3, 0.4) is 0 Å². The van der Waals surface area contributed by atoms with Crippen molar-refractivity contribution in [3.63, 3.8) is 0 Å². The number of sulfonamides is 1. The molecule has 2 heterocycles. The maximum absolute atomic E-state index is 13.1. The minimum atomic E-state index is -3.52. The summed E-state index contributed by atoms with van der Waals surface area (Å²) in [6.45, 7) is 0.788. The predicted molar refractivity (Wildman–Crippen MR) is 119 cm³/mol. The molecule has 0 unspecified atom stereocenters. The summed E-state index contributed by atoms with van der Waals surface area (Å²) in [5, 5.41) is 0. The lowest BCUT2D eigenvalue weighted by Crippen LogP contribution is -2.59. The summed E-state index contributed by atoms with van der Waals surface area (Å²) in [5.41, 5.74) is 2.22. The number of rotatable bonds is 4. The standard InChI is InChI=1S/C24H30N4O2S/c1-27(24-12-17-9-18(13-24)11-19(10-17)14-24)23-21-7-8-28(15-22(21)25-16-26-23)31(29,30)20-5-3-2-4-6-20/h2-6,16-19H,7-15H2,1H3. The molecule has 7 heteroatoms. The largest absolute Gasteiger partial charge is 0.354 e. The molecule has 1 aliphatic heterocycles. The minimum absolute atomic E-state index is 0.226. The highest BCUT2D eigenvalue weighted by Crippen LogP contribution is 2.58. The van der Waals surface area contributed by atoms with Gasteiger partial charge in [0, 0.05) is 24.7 Å². The molecular weight excluding hydrogens is 408 g/mol. The van der Waals surface area contributed by atoms with Gasteiger partial charge >= 0.3 is 0 Å². The third kappa shape index (κ3) is 3.11. The van der Waals surface area contributed by atoms with Crippen LogP contribution in [0.5, 0.6) is 0 Å². The van der Waals surface area contributed by atoms with Gasteiger partial charge in [0.05, 0.1) is 17.1 Å². The second kappa shape index (κ2) is 7.01. The highest BCUT2D eigenvalue weighted by Gasteiger charge is 2.53. The number of fused-ring (bicyclic) bond motifs is 1. The van der Waals surface area contributed by atoms with Gasteiger partial charge in [0.25, 0.3) is 0 Å². The van der Waals surface area contributed by atoms with Crippen molar-refractivity contribution in [1.82, 2.24) is 14.3 Å². The molecule has 0 amide bonds. The SMILES string of the molecule is CN(c1ncnc2c1CCN(S(=O)(=O)c1ccccc1)C2)C12CC3CC(CC(C3)C1)C2. The molecule has 4 saturated carbocycles. The third-order valence-electron chi connectivity index (χ3n) is 8.37. The molecular formula is C24H30N4O2S. The van der Waals surface area contributed by atoms with E-state index in [9.17, 15) is 8.42 Å².